The van der Waals surface area contributed by atoms with Crippen LogP contribution < -0.4 is 5.32 Å². The van der Waals surface area contributed by atoms with Crippen LogP contribution in [0.5, 0.6) is 0 Å². The molecule has 6 nitrogen and oxygen atoms in total. The smallest absolute Gasteiger partial charge is 0.166 e. The number of aromatic nitrogens is 3. The average Bonchev–Trinajstić information content (AvgIpc) is 3.18. The Hall–Kier alpha value is -2.06. The standard InChI is InChI=1S/C29H32ClN5OS/c1-16-33-34-27-29(9-10-29)32-25(19-5-2-3-6-21(19)30)24-20-11-17(12-22(20)37-26(24)35(16)27)13-23(36)31-18-14-28(15-18)7-4-8-28/h2-3,5-6,17-18,23,31,36H,4,7-15H2,1H3/t17-,23?/m0/s1. The number of fused-ring (bicyclic) bond motifs is 6. The molecule has 1 unspecified atom stereocenters. The monoisotopic (exact) mass is 533 g/mol. The summed E-state index contributed by atoms with van der Waals surface area (Å²) < 4.78 is 2.26. The van der Waals surface area contributed by atoms with Crippen molar-refractivity contribution in [3.05, 3.63) is 62.5 Å². The van der Waals surface area contributed by atoms with Crippen molar-refractivity contribution in [1.29, 1.82) is 0 Å². The second kappa shape index (κ2) is 7.98. The van der Waals surface area contributed by atoms with Gasteiger partial charge in [-0.15, -0.1) is 21.5 Å². The number of aryl methyl sites for hydroxylation is 1. The third-order valence-corrected chi connectivity index (χ3v) is 11.2. The van der Waals surface area contributed by atoms with Crippen molar-refractivity contribution in [3.8, 4) is 5.00 Å². The highest BCUT2D eigenvalue weighted by molar-refractivity contribution is 7.15. The molecule has 3 fully saturated rings. The number of thiophene rings is 1. The first kappa shape index (κ1) is 22.9. The van der Waals surface area contributed by atoms with Gasteiger partial charge in [-0.3, -0.25) is 14.9 Å². The quantitative estimate of drug-likeness (QED) is 0.426. The van der Waals surface area contributed by atoms with E-state index in [0.717, 1.165) is 60.1 Å². The van der Waals surface area contributed by atoms with Crippen molar-refractivity contribution >= 4 is 28.6 Å². The Morgan fingerprint density at radius 1 is 1.16 bits per heavy atom. The van der Waals surface area contributed by atoms with Gasteiger partial charge in [-0.2, -0.15) is 0 Å². The van der Waals surface area contributed by atoms with Gasteiger partial charge < -0.3 is 5.11 Å². The molecule has 0 saturated heterocycles. The van der Waals surface area contributed by atoms with Crippen LogP contribution in [0.1, 0.15) is 84.6 Å². The van der Waals surface area contributed by atoms with Gasteiger partial charge >= 0.3 is 0 Å². The third kappa shape index (κ3) is 3.47. The van der Waals surface area contributed by atoms with Crippen LogP contribution in [0.2, 0.25) is 5.02 Å². The molecule has 2 spiro atoms. The minimum atomic E-state index is -0.432. The van der Waals surface area contributed by atoms with E-state index in [4.69, 9.17) is 16.6 Å². The fraction of sp³-hybridized carbons (Fsp3) is 0.552. The number of nitrogens with one attached hydrogen (secondary N) is 1. The number of aliphatic hydroxyl groups excluding tert-OH is 1. The summed E-state index contributed by atoms with van der Waals surface area (Å²) in [6, 6.07) is 8.57. The molecule has 8 rings (SSSR count). The van der Waals surface area contributed by atoms with Crippen LogP contribution in [0.3, 0.4) is 0 Å². The Labute approximate surface area is 226 Å². The van der Waals surface area contributed by atoms with E-state index in [1.807, 2.05) is 36.5 Å². The number of aliphatic imine (C=N–C) groups is 1. The van der Waals surface area contributed by atoms with E-state index < -0.39 is 6.23 Å². The predicted octanol–water partition coefficient (Wildman–Crippen LogP) is 5.48. The normalized spacial score (nSPS) is 25.1. The maximum Gasteiger partial charge on any atom is 0.166 e. The second-order valence-electron chi connectivity index (χ2n) is 12.2. The highest BCUT2D eigenvalue weighted by atomic mass is 35.5. The molecule has 3 aromatic rings. The van der Waals surface area contributed by atoms with Crippen LogP contribution in [0.4, 0.5) is 0 Å². The van der Waals surface area contributed by atoms with Crippen molar-refractivity contribution in [2.45, 2.75) is 88.9 Å². The molecule has 1 aromatic carbocycles. The van der Waals surface area contributed by atoms with E-state index in [2.05, 4.69) is 26.1 Å². The predicted molar refractivity (Wildman–Crippen MR) is 146 cm³/mol. The minimum absolute atomic E-state index is 0.305. The van der Waals surface area contributed by atoms with Crippen molar-refractivity contribution in [3.63, 3.8) is 0 Å². The first-order valence-electron chi connectivity index (χ1n) is 13.8. The van der Waals surface area contributed by atoms with Crippen molar-refractivity contribution in [2.24, 2.45) is 16.3 Å². The fourth-order valence-corrected chi connectivity index (χ4v) is 9.16. The number of halogens is 1. The van der Waals surface area contributed by atoms with E-state index in [0.29, 0.717) is 17.4 Å². The molecule has 2 aromatic heterocycles. The molecule has 5 aliphatic rings. The van der Waals surface area contributed by atoms with Crippen LogP contribution in [-0.4, -0.2) is 37.9 Å². The number of hydrogen-bond donors (Lipinski definition) is 2. The first-order chi connectivity index (χ1) is 17.9. The molecule has 2 N–H and O–H groups in total. The summed E-state index contributed by atoms with van der Waals surface area (Å²) in [6.45, 7) is 2.04. The summed E-state index contributed by atoms with van der Waals surface area (Å²) in [4.78, 5) is 6.83. The van der Waals surface area contributed by atoms with E-state index in [1.54, 1.807) is 0 Å². The molecule has 0 amide bonds. The van der Waals surface area contributed by atoms with Gasteiger partial charge in [0.2, 0.25) is 0 Å². The topological polar surface area (TPSA) is 75.3 Å². The van der Waals surface area contributed by atoms with Gasteiger partial charge in [0.25, 0.3) is 0 Å². The Morgan fingerprint density at radius 3 is 2.70 bits per heavy atom. The minimum Gasteiger partial charge on any atom is -0.379 e. The largest absolute Gasteiger partial charge is 0.379 e. The highest BCUT2D eigenvalue weighted by Gasteiger charge is 2.52. The molecule has 37 heavy (non-hydrogen) atoms. The number of nitrogens with zero attached hydrogens (tertiary/aromatic N) is 4. The molecule has 192 valence electrons. The molecule has 0 bridgehead atoms. The molecule has 4 aliphatic carbocycles. The maximum absolute atomic E-state index is 10.9. The molecule has 0 radical (unpaired) electrons. The molecular formula is C29H32ClN5OS. The lowest BCUT2D eigenvalue weighted by Crippen LogP contribution is -2.54. The van der Waals surface area contributed by atoms with Crippen LogP contribution in [0, 0.1) is 18.3 Å². The zero-order valence-corrected chi connectivity index (χ0v) is 22.7. The second-order valence-corrected chi connectivity index (χ2v) is 13.7. The first-order valence-corrected chi connectivity index (χ1v) is 15.0. The summed E-state index contributed by atoms with van der Waals surface area (Å²) >= 11 is 8.63. The fourth-order valence-electron chi connectivity index (χ4n) is 7.44. The number of rotatable bonds is 5. The van der Waals surface area contributed by atoms with Gasteiger partial charge in [-0.1, -0.05) is 36.2 Å². The van der Waals surface area contributed by atoms with E-state index >= 15 is 0 Å². The lowest BCUT2D eigenvalue weighted by Gasteiger charge is -2.54. The average molecular weight is 534 g/mol. The van der Waals surface area contributed by atoms with Crippen LogP contribution in [0.25, 0.3) is 5.00 Å². The van der Waals surface area contributed by atoms with E-state index in [9.17, 15) is 5.11 Å². The van der Waals surface area contributed by atoms with Gasteiger partial charge in [0, 0.05) is 27.1 Å². The maximum atomic E-state index is 10.9. The molecule has 3 heterocycles. The summed E-state index contributed by atoms with van der Waals surface area (Å²) in [5.41, 5.74) is 4.90. The number of benzene rings is 1. The SMILES string of the molecule is Cc1nnc2n1-c1sc3c(c1C(c1ccccc1Cl)=NC21CC1)C[C@H](CC(O)NC1CC2(CCC2)C1)C3. The highest BCUT2D eigenvalue weighted by Crippen LogP contribution is 2.56. The summed E-state index contributed by atoms with van der Waals surface area (Å²) in [6.07, 6.45) is 10.9. The van der Waals surface area contributed by atoms with Gasteiger partial charge in [0.1, 0.15) is 22.6 Å². The van der Waals surface area contributed by atoms with Crippen molar-refractivity contribution in [2.75, 3.05) is 0 Å². The lowest BCUT2D eigenvalue weighted by molar-refractivity contribution is -0.0288. The summed E-state index contributed by atoms with van der Waals surface area (Å²) in [7, 11) is 0. The lowest BCUT2D eigenvalue weighted by atomic mass is 9.54. The Bertz CT molecular complexity index is 1440. The van der Waals surface area contributed by atoms with Crippen molar-refractivity contribution in [1.82, 2.24) is 20.1 Å². The zero-order chi connectivity index (χ0) is 24.9. The van der Waals surface area contributed by atoms with Crippen LogP contribution >= 0.6 is 22.9 Å². The number of aliphatic hydroxyl groups is 1. The zero-order valence-electron chi connectivity index (χ0n) is 21.1. The molecule has 2 atom stereocenters. The molecule has 3 saturated carbocycles. The summed E-state index contributed by atoms with van der Waals surface area (Å²) in [5, 5.41) is 25.5. The Morgan fingerprint density at radius 2 is 1.97 bits per heavy atom. The van der Waals surface area contributed by atoms with Gasteiger partial charge in [-0.25, -0.2) is 0 Å². The van der Waals surface area contributed by atoms with Crippen LogP contribution in [0.15, 0.2) is 29.3 Å². The van der Waals surface area contributed by atoms with Crippen molar-refractivity contribution < 1.29 is 5.11 Å². The van der Waals surface area contributed by atoms with Crippen LogP contribution in [-0.2, 0) is 18.4 Å². The van der Waals surface area contributed by atoms with Gasteiger partial charge in [-0.05, 0) is 87.7 Å². The molecule has 1 aliphatic heterocycles. The summed E-state index contributed by atoms with van der Waals surface area (Å²) in [5.74, 6) is 2.31. The number of hydrogen-bond acceptors (Lipinski definition) is 6. The van der Waals surface area contributed by atoms with Gasteiger partial charge in [0.05, 0.1) is 5.71 Å². The molecular weight excluding hydrogens is 502 g/mol. The Balaban J connectivity index is 1.12. The van der Waals surface area contributed by atoms with Gasteiger partial charge in [0.15, 0.2) is 5.82 Å². The third-order valence-electron chi connectivity index (χ3n) is 9.66. The Kier molecular flexibility index (Phi) is 4.93. The molecule has 8 heteroatoms. The van der Waals surface area contributed by atoms with E-state index in [1.165, 1.54) is 53.1 Å². The van der Waals surface area contributed by atoms with E-state index in [-0.39, 0.29) is 5.54 Å².